The van der Waals surface area contributed by atoms with Crippen LogP contribution in [-0.2, 0) is 17.8 Å². The van der Waals surface area contributed by atoms with Crippen LogP contribution in [0.3, 0.4) is 0 Å². The maximum Gasteiger partial charge on any atom is 0.222 e. The van der Waals surface area contributed by atoms with E-state index in [1.54, 1.807) is 4.52 Å². The first-order valence-corrected chi connectivity index (χ1v) is 12.2. The van der Waals surface area contributed by atoms with Gasteiger partial charge in [0, 0.05) is 44.8 Å². The van der Waals surface area contributed by atoms with E-state index in [1.165, 1.54) is 11.1 Å². The quantitative estimate of drug-likeness (QED) is 0.429. The Morgan fingerprint density at radius 3 is 2.46 bits per heavy atom. The van der Waals surface area contributed by atoms with Gasteiger partial charge in [0.15, 0.2) is 17.3 Å². The van der Waals surface area contributed by atoms with Crippen molar-refractivity contribution in [3.8, 4) is 5.82 Å². The maximum absolute atomic E-state index is 13.0. The van der Waals surface area contributed by atoms with Crippen molar-refractivity contribution in [2.75, 3.05) is 26.2 Å². The largest absolute Gasteiger partial charge is 0.340 e. The monoisotopic (exact) mass is 472 g/mol. The SMILES string of the molecule is Cc1ccccc1CN1CCN(C(=O)CCc2c(C)nn(-c3ccc4nnc(C)n4n3)c2C)CC1. The van der Waals surface area contributed by atoms with Crippen LogP contribution in [0, 0.1) is 27.7 Å². The van der Waals surface area contributed by atoms with Gasteiger partial charge in [-0.15, -0.1) is 15.3 Å². The first-order chi connectivity index (χ1) is 16.9. The minimum absolute atomic E-state index is 0.215. The minimum atomic E-state index is 0.215. The third-order valence-corrected chi connectivity index (χ3v) is 7.03. The lowest BCUT2D eigenvalue weighted by atomic mass is 10.1. The molecule has 0 unspecified atom stereocenters. The Kier molecular flexibility index (Phi) is 6.34. The van der Waals surface area contributed by atoms with Gasteiger partial charge < -0.3 is 4.90 Å². The molecule has 5 rings (SSSR count). The van der Waals surface area contributed by atoms with Gasteiger partial charge in [0.2, 0.25) is 5.91 Å². The fourth-order valence-corrected chi connectivity index (χ4v) is 4.83. The zero-order valence-corrected chi connectivity index (χ0v) is 20.9. The molecule has 9 heteroatoms. The highest BCUT2D eigenvalue weighted by Gasteiger charge is 2.22. The zero-order valence-electron chi connectivity index (χ0n) is 20.9. The first-order valence-electron chi connectivity index (χ1n) is 12.2. The lowest BCUT2D eigenvalue weighted by Crippen LogP contribution is -2.48. The lowest BCUT2D eigenvalue weighted by Gasteiger charge is -2.35. The Balaban J connectivity index is 1.20. The van der Waals surface area contributed by atoms with Crippen molar-refractivity contribution in [1.82, 2.24) is 39.4 Å². The van der Waals surface area contributed by atoms with Crippen LogP contribution in [0.2, 0.25) is 0 Å². The molecule has 0 aliphatic carbocycles. The third-order valence-electron chi connectivity index (χ3n) is 7.03. The Bertz CT molecular complexity index is 1360. The average molecular weight is 473 g/mol. The van der Waals surface area contributed by atoms with E-state index >= 15 is 0 Å². The number of hydrogen-bond acceptors (Lipinski definition) is 6. The molecule has 0 N–H and O–H groups in total. The van der Waals surface area contributed by atoms with Gasteiger partial charge in [-0.1, -0.05) is 24.3 Å². The molecule has 35 heavy (non-hydrogen) atoms. The van der Waals surface area contributed by atoms with Gasteiger partial charge in [-0.3, -0.25) is 9.69 Å². The summed E-state index contributed by atoms with van der Waals surface area (Å²) >= 11 is 0. The van der Waals surface area contributed by atoms with Crippen LogP contribution in [0.1, 0.15) is 40.3 Å². The average Bonchev–Trinajstić information content (AvgIpc) is 3.37. The van der Waals surface area contributed by atoms with Crippen LogP contribution in [0.5, 0.6) is 0 Å². The molecule has 4 heterocycles. The van der Waals surface area contributed by atoms with Crippen LogP contribution in [0.15, 0.2) is 36.4 Å². The van der Waals surface area contributed by atoms with Crippen molar-refractivity contribution in [2.45, 2.75) is 47.1 Å². The van der Waals surface area contributed by atoms with Crippen LogP contribution < -0.4 is 0 Å². The Labute approximate surface area is 205 Å². The molecule has 0 spiro atoms. The Hall–Kier alpha value is -3.59. The fourth-order valence-electron chi connectivity index (χ4n) is 4.83. The van der Waals surface area contributed by atoms with Gasteiger partial charge in [-0.2, -0.15) is 9.61 Å². The topological polar surface area (TPSA) is 84.5 Å². The van der Waals surface area contributed by atoms with E-state index in [-0.39, 0.29) is 5.91 Å². The molecule has 3 aromatic heterocycles. The predicted octanol–water partition coefficient (Wildman–Crippen LogP) is 2.82. The number of rotatable bonds is 6. The van der Waals surface area contributed by atoms with E-state index < -0.39 is 0 Å². The predicted molar refractivity (Wildman–Crippen MR) is 133 cm³/mol. The number of amides is 1. The number of carbonyl (C=O) groups excluding carboxylic acids is 1. The van der Waals surface area contributed by atoms with Crippen molar-refractivity contribution < 1.29 is 4.79 Å². The summed E-state index contributed by atoms with van der Waals surface area (Å²) < 4.78 is 3.56. The summed E-state index contributed by atoms with van der Waals surface area (Å²) in [7, 11) is 0. The molecule has 1 aliphatic heterocycles. The van der Waals surface area contributed by atoms with Crippen LogP contribution in [0.4, 0.5) is 0 Å². The lowest BCUT2D eigenvalue weighted by molar-refractivity contribution is -0.133. The molecular weight excluding hydrogens is 440 g/mol. The number of piperazine rings is 1. The number of fused-ring (bicyclic) bond motifs is 1. The van der Waals surface area contributed by atoms with Crippen molar-refractivity contribution in [2.24, 2.45) is 0 Å². The molecule has 1 aliphatic rings. The number of carbonyl (C=O) groups is 1. The highest BCUT2D eigenvalue weighted by Crippen LogP contribution is 2.20. The standard InChI is InChI=1S/C26H32N8O/c1-18-7-5-6-8-22(18)17-31-13-15-32(16-14-31)26(35)12-9-23-19(2)29-33(20(23)3)25-11-10-24-28-27-21(4)34(24)30-25/h5-8,10-11H,9,12-17H2,1-4H3. The molecule has 1 saturated heterocycles. The van der Waals surface area contributed by atoms with Gasteiger partial charge in [-0.25, -0.2) is 4.68 Å². The Morgan fingerprint density at radius 1 is 0.914 bits per heavy atom. The first kappa shape index (κ1) is 23.2. The summed E-state index contributed by atoms with van der Waals surface area (Å²) in [6.45, 7) is 12.4. The van der Waals surface area contributed by atoms with Crippen molar-refractivity contribution >= 4 is 11.6 Å². The normalized spacial score (nSPS) is 14.7. The summed E-state index contributed by atoms with van der Waals surface area (Å²) in [5, 5.41) is 17.5. The number of nitrogens with zero attached hydrogens (tertiary/aromatic N) is 8. The molecule has 0 saturated carbocycles. The second-order valence-electron chi connectivity index (χ2n) is 9.35. The van der Waals surface area contributed by atoms with Gasteiger partial charge in [-0.05, 0) is 62.9 Å². The van der Waals surface area contributed by atoms with Crippen LogP contribution >= 0.6 is 0 Å². The van der Waals surface area contributed by atoms with Crippen LogP contribution in [-0.4, -0.2) is 71.5 Å². The van der Waals surface area contributed by atoms with E-state index in [9.17, 15) is 4.79 Å². The van der Waals surface area contributed by atoms with Crippen molar-refractivity contribution in [3.05, 3.63) is 70.3 Å². The van der Waals surface area contributed by atoms with Crippen LogP contribution in [0.25, 0.3) is 11.5 Å². The second-order valence-corrected chi connectivity index (χ2v) is 9.35. The molecule has 9 nitrogen and oxygen atoms in total. The summed E-state index contributed by atoms with van der Waals surface area (Å²) in [6, 6.07) is 12.3. The maximum atomic E-state index is 13.0. The molecule has 182 valence electrons. The van der Waals surface area contributed by atoms with E-state index in [0.29, 0.717) is 24.3 Å². The highest BCUT2D eigenvalue weighted by molar-refractivity contribution is 5.76. The molecule has 0 bridgehead atoms. The summed E-state index contributed by atoms with van der Waals surface area (Å²) in [4.78, 5) is 17.4. The number of aryl methyl sites for hydroxylation is 3. The van der Waals surface area contributed by atoms with Gasteiger partial charge in [0.25, 0.3) is 0 Å². The number of aromatic nitrogens is 6. The van der Waals surface area contributed by atoms with Crippen molar-refractivity contribution in [3.63, 3.8) is 0 Å². The van der Waals surface area contributed by atoms with E-state index in [0.717, 1.165) is 55.5 Å². The number of benzene rings is 1. The molecule has 0 atom stereocenters. The summed E-state index contributed by atoms with van der Waals surface area (Å²) in [6.07, 6.45) is 1.16. The molecule has 1 fully saturated rings. The fraction of sp³-hybridized carbons (Fsp3) is 0.423. The van der Waals surface area contributed by atoms with Gasteiger partial charge >= 0.3 is 0 Å². The molecular formula is C26H32N8O. The zero-order chi connectivity index (χ0) is 24.5. The minimum Gasteiger partial charge on any atom is -0.340 e. The second kappa shape index (κ2) is 9.58. The summed E-state index contributed by atoms with van der Waals surface area (Å²) in [5.41, 5.74) is 6.45. The smallest absolute Gasteiger partial charge is 0.222 e. The number of hydrogen-bond donors (Lipinski definition) is 0. The van der Waals surface area contributed by atoms with E-state index in [2.05, 4.69) is 51.4 Å². The molecule has 0 radical (unpaired) electrons. The Morgan fingerprint density at radius 2 is 1.69 bits per heavy atom. The van der Waals surface area contributed by atoms with Crippen molar-refractivity contribution in [1.29, 1.82) is 0 Å². The van der Waals surface area contributed by atoms with Gasteiger partial charge in [0.1, 0.15) is 0 Å². The highest BCUT2D eigenvalue weighted by atomic mass is 16.2. The van der Waals surface area contributed by atoms with E-state index in [1.807, 2.05) is 42.5 Å². The third kappa shape index (κ3) is 4.68. The van der Waals surface area contributed by atoms with Gasteiger partial charge in [0.05, 0.1) is 5.69 Å². The molecule has 4 aromatic rings. The molecule has 1 amide bonds. The molecule has 1 aromatic carbocycles. The van der Waals surface area contributed by atoms with E-state index in [4.69, 9.17) is 5.10 Å². The summed E-state index contributed by atoms with van der Waals surface area (Å²) in [5.74, 6) is 1.66.